The average Bonchev–Trinajstić information content (AvgIpc) is 2.05. The lowest BCUT2D eigenvalue weighted by Gasteiger charge is -2.09. The predicted octanol–water partition coefficient (Wildman–Crippen LogP) is -1.64. The fourth-order valence-corrected chi connectivity index (χ4v) is 2.93. The zero-order valence-corrected chi connectivity index (χ0v) is 6.56. The van der Waals surface area contributed by atoms with Crippen molar-refractivity contribution in [3.05, 3.63) is 0 Å². The molecular formula is C5H11NO3S. The van der Waals surface area contributed by atoms with E-state index in [9.17, 15) is 8.42 Å². The van der Waals surface area contributed by atoms with Crippen molar-refractivity contribution in [2.45, 2.75) is 12.1 Å². The van der Waals surface area contributed by atoms with Crippen LogP contribution in [0.4, 0.5) is 0 Å². The van der Waals surface area contributed by atoms with Gasteiger partial charge >= 0.3 is 0 Å². The molecule has 10 heavy (non-hydrogen) atoms. The highest BCUT2D eigenvalue weighted by Crippen LogP contribution is 2.11. The van der Waals surface area contributed by atoms with Crippen molar-refractivity contribution in [3.8, 4) is 0 Å². The maximum absolute atomic E-state index is 10.8. The molecule has 0 unspecified atom stereocenters. The fourth-order valence-electron chi connectivity index (χ4n) is 1.10. The van der Waals surface area contributed by atoms with Crippen LogP contribution in [0.25, 0.3) is 0 Å². The molecule has 0 spiro atoms. The molecule has 1 heterocycles. The number of sulfone groups is 1. The second-order valence-electron chi connectivity index (χ2n) is 2.54. The van der Waals surface area contributed by atoms with Gasteiger partial charge in [0.05, 0.1) is 17.6 Å². The zero-order valence-electron chi connectivity index (χ0n) is 5.74. The lowest BCUT2D eigenvalue weighted by molar-refractivity contribution is 0.170. The van der Waals surface area contributed by atoms with Gasteiger partial charge in [0, 0.05) is 6.04 Å². The SMILES string of the molecule is CN[C@@H]1CS(=O)(=O)C[C@@H]1O. The van der Waals surface area contributed by atoms with Crippen LogP contribution >= 0.6 is 0 Å². The monoisotopic (exact) mass is 165 g/mol. The minimum Gasteiger partial charge on any atom is -0.390 e. The minimum absolute atomic E-state index is 0.0602. The van der Waals surface area contributed by atoms with Crippen molar-refractivity contribution in [3.63, 3.8) is 0 Å². The molecule has 1 rings (SSSR count). The van der Waals surface area contributed by atoms with Gasteiger partial charge in [-0.1, -0.05) is 0 Å². The summed E-state index contributed by atoms with van der Waals surface area (Å²) in [5.41, 5.74) is 0. The van der Waals surface area contributed by atoms with E-state index in [1.165, 1.54) is 0 Å². The molecule has 1 saturated heterocycles. The second-order valence-corrected chi connectivity index (χ2v) is 4.69. The van der Waals surface area contributed by atoms with Gasteiger partial charge in [0.1, 0.15) is 0 Å². The molecule has 2 atom stereocenters. The third-order valence-corrected chi connectivity index (χ3v) is 3.41. The van der Waals surface area contributed by atoms with Gasteiger partial charge in [0.15, 0.2) is 9.84 Å². The third kappa shape index (κ3) is 1.47. The molecule has 1 aliphatic rings. The van der Waals surface area contributed by atoms with Gasteiger partial charge < -0.3 is 10.4 Å². The Bertz CT molecular complexity index is 211. The minimum atomic E-state index is -2.97. The Kier molecular flexibility index (Phi) is 1.98. The van der Waals surface area contributed by atoms with Crippen molar-refractivity contribution >= 4 is 9.84 Å². The topological polar surface area (TPSA) is 66.4 Å². The van der Waals surface area contributed by atoms with E-state index < -0.39 is 15.9 Å². The molecule has 1 aliphatic heterocycles. The highest BCUT2D eigenvalue weighted by atomic mass is 32.2. The van der Waals surface area contributed by atoms with Crippen LogP contribution < -0.4 is 5.32 Å². The normalized spacial score (nSPS) is 38.2. The summed E-state index contributed by atoms with van der Waals surface area (Å²) in [4.78, 5) is 0. The molecule has 4 nitrogen and oxygen atoms in total. The largest absolute Gasteiger partial charge is 0.390 e. The van der Waals surface area contributed by atoms with E-state index >= 15 is 0 Å². The van der Waals surface area contributed by atoms with Crippen molar-refractivity contribution < 1.29 is 13.5 Å². The van der Waals surface area contributed by atoms with Crippen LogP contribution in [0.1, 0.15) is 0 Å². The first-order chi connectivity index (χ1) is 4.55. The smallest absolute Gasteiger partial charge is 0.154 e. The van der Waals surface area contributed by atoms with Crippen molar-refractivity contribution in [1.29, 1.82) is 0 Å². The molecular weight excluding hydrogens is 154 g/mol. The maximum Gasteiger partial charge on any atom is 0.154 e. The van der Waals surface area contributed by atoms with Crippen LogP contribution in [0.2, 0.25) is 0 Å². The Labute approximate surface area is 60.2 Å². The summed E-state index contributed by atoms with van der Waals surface area (Å²) in [5.74, 6) is -0.0385. The number of nitrogens with one attached hydrogen (secondary N) is 1. The molecule has 5 heteroatoms. The number of aliphatic hydroxyl groups is 1. The Morgan fingerprint density at radius 2 is 2.10 bits per heavy atom. The van der Waals surface area contributed by atoms with Crippen LogP contribution in [0.3, 0.4) is 0 Å². The second kappa shape index (κ2) is 2.48. The first-order valence-electron chi connectivity index (χ1n) is 3.11. The molecule has 0 amide bonds. The van der Waals surface area contributed by atoms with Gasteiger partial charge in [-0.15, -0.1) is 0 Å². The van der Waals surface area contributed by atoms with E-state index in [1.807, 2.05) is 0 Å². The molecule has 2 N–H and O–H groups in total. The molecule has 0 aliphatic carbocycles. The molecule has 0 bridgehead atoms. The Hall–Kier alpha value is -0.130. The maximum atomic E-state index is 10.8. The Morgan fingerprint density at radius 3 is 2.30 bits per heavy atom. The van der Waals surface area contributed by atoms with Gasteiger partial charge in [-0.2, -0.15) is 0 Å². The zero-order chi connectivity index (χ0) is 7.78. The summed E-state index contributed by atoms with van der Waals surface area (Å²) >= 11 is 0. The van der Waals surface area contributed by atoms with E-state index in [-0.39, 0.29) is 17.5 Å². The number of hydrogen-bond donors (Lipinski definition) is 2. The van der Waals surface area contributed by atoms with E-state index in [0.29, 0.717) is 0 Å². The molecule has 0 aromatic rings. The standard InChI is InChI=1S/C5H11NO3S/c1-6-4-2-10(8,9)3-5(4)7/h4-7H,2-3H2,1H3/t4-,5+/m1/s1. The summed E-state index contributed by atoms with van der Waals surface area (Å²) in [6, 6.07) is -0.273. The van der Waals surface area contributed by atoms with E-state index in [0.717, 1.165) is 0 Å². The predicted molar refractivity (Wildman–Crippen MR) is 37.5 cm³/mol. The van der Waals surface area contributed by atoms with E-state index in [4.69, 9.17) is 5.11 Å². The molecule has 0 aromatic carbocycles. The van der Waals surface area contributed by atoms with Crippen LogP contribution in [-0.2, 0) is 9.84 Å². The first-order valence-corrected chi connectivity index (χ1v) is 4.93. The number of rotatable bonds is 1. The summed E-state index contributed by atoms with van der Waals surface area (Å²) in [6.07, 6.45) is -0.727. The lowest BCUT2D eigenvalue weighted by atomic mass is 10.2. The average molecular weight is 165 g/mol. The molecule has 0 radical (unpaired) electrons. The number of hydrogen-bond acceptors (Lipinski definition) is 4. The molecule has 60 valence electrons. The summed E-state index contributed by atoms with van der Waals surface area (Å²) in [7, 11) is -1.32. The third-order valence-electron chi connectivity index (χ3n) is 1.69. The number of likely N-dealkylation sites (N-methyl/N-ethyl adjacent to an activating group) is 1. The summed E-state index contributed by atoms with van der Waals surface area (Å²) in [6.45, 7) is 0. The number of aliphatic hydroxyl groups excluding tert-OH is 1. The van der Waals surface area contributed by atoms with Crippen LogP contribution in [0, 0.1) is 0 Å². The van der Waals surface area contributed by atoms with Gasteiger partial charge in [0.25, 0.3) is 0 Å². The highest BCUT2D eigenvalue weighted by molar-refractivity contribution is 7.91. The first kappa shape index (κ1) is 7.97. The van der Waals surface area contributed by atoms with Crippen LogP contribution in [0.5, 0.6) is 0 Å². The van der Waals surface area contributed by atoms with Gasteiger partial charge in [-0.05, 0) is 7.05 Å². The van der Waals surface area contributed by atoms with Crippen LogP contribution in [0.15, 0.2) is 0 Å². The van der Waals surface area contributed by atoms with Crippen molar-refractivity contribution in [2.24, 2.45) is 0 Å². The van der Waals surface area contributed by atoms with Crippen molar-refractivity contribution in [1.82, 2.24) is 5.32 Å². The van der Waals surface area contributed by atoms with Gasteiger partial charge in [-0.3, -0.25) is 0 Å². The van der Waals surface area contributed by atoms with E-state index in [1.54, 1.807) is 7.05 Å². The summed E-state index contributed by atoms with van der Waals surface area (Å²) in [5, 5.41) is 11.8. The lowest BCUT2D eigenvalue weighted by Crippen LogP contribution is -2.35. The van der Waals surface area contributed by atoms with Crippen LogP contribution in [-0.4, -0.2) is 44.2 Å². The highest BCUT2D eigenvalue weighted by Gasteiger charge is 2.34. The van der Waals surface area contributed by atoms with Gasteiger partial charge in [0.2, 0.25) is 0 Å². The molecule has 1 fully saturated rings. The van der Waals surface area contributed by atoms with Crippen molar-refractivity contribution in [2.75, 3.05) is 18.6 Å². The quantitative estimate of drug-likeness (QED) is 0.489. The van der Waals surface area contributed by atoms with E-state index in [2.05, 4.69) is 5.32 Å². The Morgan fingerprint density at radius 1 is 1.50 bits per heavy atom. The van der Waals surface area contributed by atoms with Gasteiger partial charge in [-0.25, -0.2) is 8.42 Å². The Balaban J connectivity index is 2.71. The summed E-state index contributed by atoms with van der Waals surface area (Å²) < 4.78 is 21.6. The fraction of sp³-hybridized carbons (Fsp3) is 1.00. The molecule has 0 saturated carbocycles. The molecule has 0 aromatic heterocycles.